The summed E-state index contributed by atoms with van der Waals surface area (Å²) in [6.07, 6.45) is 4.32. The van der Waals surface area contributed by atoms with Crippen LogP contribution in [0.15, 0.2) is 18.0 Å². The van der Waals surface area contributed by atoms with Crippen molar-refractivity contribution in [3.8, 4) is 0 Å². The second kappa shape index (κ2) is 10.5. The van der Waals surface area contributed by atoms with Crippen LogP contribution in [0, 0.1) is 0 Å². The van der Waals surface area contributed by atoms with Crippen molar-refractivity contribution in [1.82, 2.24) is 4.98 Å². The van der Waals surface area contributed by atoms with Gasteiger partial charge in [0.1, 0.15) is 5.00 Å². The zero-order chi connectivity index (χ0) is 22.4. The van der Waals surface area contributed by atoms with Crippen LogP contribution in [0.2, 0.25) is 0 Å². The van der Waals surface area contributed by atoms with E-state index in [0.29, 0.717) is 22.2 Å². The monoisotopic (exact) mass is 463 g/mol. The molecule has 2 aromatic rings. The van der Waals surface area contributed by atoms with Gasteiger partial charge in [-0.15, -0.1) is 29.3 Å². The van der Waals surface area contributed by atoms with Gasteiger partial charge < -0.3 is 20.1 Å². The van der Waals surface area contributed by atoms with Crippen LogP contribution in [0.25, 0.3) is 0 Å². The maximum atomic E-state index is 12.7. The van der Waals surface area contributed by atoms with E-state index in [2.05, 4.69) is 22.2 Å². The van der Waals surface area contributed by atoms with Gasteiger partial charge in [0.2, 0.25) is 0 Å². The predicted octanol–water partition coefficient (Wildman–Crippen LogP) is 4.04. The number of esters is 2. The van der Waals surface area contributed by atoms with E-state index < -0.39 is 23.9 Å². The first-order chi connectivity index (χ1) is 14.9. The van der Waals surface area contributed by atoms with Gasteiger partial charge in [0.15, 0.2) is 16.9 Å². The van der Waals surface area contributed by atoms with Crippen molar-refractivity contribution >= 4 is 50.7 Å². The Labute approximate surface area is 188 Å². The molecule has 1 aliphatic rings. The number of anilines is 2. The first-order valence-electron chi connectivity index (χ1n) is 10.1. The highest BCUT2D eigenvalue weighted by molar-refractivity contribution is 7.17. The molecule has 2 aromatic heterocycles. The van der Waals surface area contributed by atoms with Crippen molar-refractivity contribution < 1.29 is 23.9 Å². The Morgan fingerprint density at radius 1 is 1.29 bits per heavy atom. The summed E-state index contributed by atoms with van der Waals surface area (Å²) in [5.41, 5.74) is 1.50. The van der Waals surface area contributed by atoms with Gasteiger partial charge >= 0.3 is 11.9 Å². The number of fused-ring (bicyclic) bond motifs is 1. The van der Waals surface area contributed by atoms with E-state index in [1.54, 1.807) is 18.4 Å². The Hall–Kier alpha value is -2.72. The molecule has 2 heterocycles. The number of hydrogen-bond donors (Lipinski definition) is 2. The molecule has 2 N–H and O–H groups in total. The molecule has 0 aromatic carbocycles. The quantitative estimate of drug-likeness (QED) is 0.427. The third-order valence-electron chi connectivity index (χ3n) is 4.65. The second-order valence-electron chi connectivity index (χ2n) is 6.88. The zero-order valence-corrected chi connectivity index (χ0v) is 19.1. The van der Waals surface area contributed by atoms with Gasteiger partial charge in [0.25, 0.3) is 5.91 Å². The summed E-state index contributed by atoms with van der Waals surface area (Å²) < 4.78 is 10.5. The van der Waals surface area contributed by atoms with Crippen molar-refractivity contribution in [2.75, 3.05) is 23.8 Å². The van der Waals surface area contributed by atoms with Gasteiger partial charge in [0.05, 0.1) is 12.2 Å². The molecular formula is C21H25N3O5S2. The number of rotatable bonds is 9. The normalized spacial score (nSPS) is 13.6. The van der Waals surface area contributed by atoms with E-state index in [0.717, 1.165) is 36.1 Å². The molecule has 3 rings (SSSR count). The third kappa shape index (κ3) is 5.50. The lowest BCUT2D eigenvalue weighted by molar-refractivity contribution is -0.123. The predicted molar refractivity (Wildman–Crippen MR) is 121 cm³/mol. The molecular weight excluding hydrogens is 438 g/mol. The molecule has 1 atom stereocenters. The molecule has 1 unspecified atom stereocenters. The molecule has 31 heavy (non-hydrogen) atoms. The highest BCUT2D eigenvalue weighted by atomic mass is 32.1. The van der Waals surface area contributed by atoms with Crippen molar-refractivity contribution in [3.63, 3.8) is 0 Å². The van der Waals surface area contributed by atoms with Gasteiger partial charge in [-0.2, -0.15) is 0 Å². The second-order valence-corrected chi connectivity index (χ2v) is 8.84. The van der Waals surface area contributed by atoms with Crippen LogP contribution in [-0.2, 0) is 27.1 Å². The highest BCUT2D eigenvalue weighted by Crippen LogP contribution is 2.38. The molecule has 0 spiro atoms. The fraction of sp³-hybridized carbons (Fsp3) is 0.429. The number of aryl methyl sites for hydroxylation is 1. The molecule has 0 saturated heterocycles. The van der Waals surface area contributed by atoms with E-state index in [9.17, 15) is 14.4 Å². The van der Waals surface area contributed by atoms with Crippen LogP contribution in [0.3, 0.4) is 0 Å². The molecule has 0 bridgehead atoms. The summed E-state index contributed by atoms with van der Waals surface area (Å²) in [6, 6.07) is 0. The first kappa shape index (κ1) is 23.0. The van der Waals surface area contributed by atoms with E-state index in [4.69, 9.17) is 9.47 Å². The number of ether oxygens (including phenoxy) is 2. The molecule has 1 aliphatic carbocycles. The number of aromatic nitrogens is 1. The fourth-order valence-electron chi connectivity index (χ4n) is 3.17. The summed E-state index contributed by atoms with van der Waals surface area (Å²) in [5.74, 6) is -1.65. The topological polar surface area (TPSA) is 107 Å². The number of carbonyl (C=O) groups excluding carboxylic acids is 3. The first-order valence-corrected chi connectivity index (χ1v) is 11.8. The zero-order valence-electron chi connectivity index (χ0n) is 17.5. The Bertz CT molecular complexity index is 982. The standard InChI is InChI=1S/C21H25N3O5S2/c1-4-10-22-21-23-14(11-30-21)19(26)29-12(3)17(25)24-18-16(20(27)28-5-2)13-8-6-7-9-15(13)31-18/h4,11-12H,1,5-10H2,2-3H3,(H,22,23)(H,24,25). The SMILES string of the molecule is C=CCNc1nc(C(=O)OC(C)C(=O)Nc2sc3c(c2C(=O)OCC)CCCC3)cs1. The minimum atomic E-state index is -1.06. The lowest BCUT2D eigenvalue weighted by atomic mass is 9.95. The maximum absolute atomic E-state index is 12.7. The molecule has 1 amide bonds. The lowest BCUT2D eigenvalue weighted by Crippen LogP contribution is -2.30. The maximum Gasteiger partial charge on any atom is 0.358 e. The molecule has 8 nitrogen and oxygen atoms in total. The van der Waals surface area contributed by atoms with Crippen molar-refractivity contribution in [2.45, 2.75) is 45.6 Å². The smallest absolute Gasteiger partial charge is 0.358 e. The largest absolute Gasteiger partial charge is 0.462 e. The summed E-state index contributed by atoms with van der Waals surface area (Å²) >= 11 is 2.65. The van der Waals surface area contributed by atoms with Gasteiger partial charge in [0, 0.05) is 16.8 Å². The lowest BCUT2D eigenvalue weighted by Gasteiger charge is -2.14. The summed E-state index contributed by atoms with van der Waals surface area (Å²) in [6.45, 7) is 7.61. The number of thiazole rings is 1. The van der Waals surface area contributed by atoms with Crippen molar-refractivity contribution in [3.05, 3.63) is 39.7 Å². The molecule has 0 saturated carbocycles. The Morgan fingerprint density at radius 3 is 2.81 bits per heavy atom. The van der Waals surface area contributed by atoms with Crippen molar-refractivity contribution in [2.24, 2.45) is 0 Å². The number of hydrogen-bond acceptors (Lipinski definition) is 9. The van der Waals surface area contributed by atoms with Crippen molar-refractivity contribution in [1.29, 1.82) is 0 Å². The van der Waals surface area contributed by atoms with Gasteiger partial charge in [-0.1, -0.05) is 6.08 Å². The van der Waals surface area contributed by atoms with E-state index >= 15 is 0 Å². The summed E-state index contributed by atoms with van der Waals surface area (Å²) in [5, 5.41) is 8.32. The molecule has 0 aliphatic heterocycles. The minimum absolute atomic E-state index is 0.120. The molecule has 166 valence electrons. The van der Waals surface area contributed by atoms with Crippen LogP contribution in [-0.4, -0.2) is 42.1 Å². The Kier molecular flexibility index (Phi) is 7.80. The average molecular weight is 464 g/mol. The highest BCUT2D eigenvalue weighted by Gasteiger charge is 2.29. The summed E-state index contributed by atoms with van der Waals surface area (Å²) in [7, 11) is 0. The van der Waals surface area contributed by atoms with Gasteiger partial charge in [-0.05, 0) is 45.1 Å². The molecule has 0 radical (unpaired) electrons. The third-order valence-corrected chi connectivity index (χ3v) is 6.66. The minimum Gasteiger partial charge on any atom is -0.462 e. The Balaban J connectivity index is 1.68. The van der Waals surface area contributed by atoms with E-state index in [-0.39, 0.29) is 12.3 Å². The fourth-order valence-corrected chi connectivity index (χ4v) is 5.14. The van der Waals surface area contributed by atoms with Crippen LogP contribution < -0.4 is 10.6 Å². The molecule has 10 heteroatoms. The van der Waals surface area contributed by atoms with Crippen LogP contribution in [0.5, 0.6) is 0 Å². The van der Waals surface area contributed by atoms with E-state index in [1.165, 1.54) is 29.6 Å². The summed E-state index contributed by atoms with van der Waals surface area (Å²) in [4.78, 5) is 42.8. The molecule has 0 fully saturated rings. The van der Waals surface area contributed by atoms with Crippen LogP contribution in [0.1, 0.15) is 58.0 Å². The number of nitrogens with zero attached hydrogens (tertiary/aromatic N) is 1. The number of nitrogens with one attached hydrogen (secondary N) is 2. The van der Waals surface area contributed by atoms with E-state index in [1.807, 2.05) is 0 Å². The number of carbonyl (C=O) groups is 3. The van der Waals surface area contributed by atoms with Crippen LogP contribution in [0.4, 0.5) is 10.1 Å². The number of amides is 1. The number of thiophene rings is 1. The Morgan fingerprint density at radius 2 is 2.06 bits per heavy atom. The van der Waals surface area contributed by atoms with Gasteiger partial charge in [-0.25, -0.2) is 14.6 Å². The van der Waals surface area contributed by atoms with Gasteiger partial charge in [-0.3, -0.25) is 4.79 Å². The average Bonchev–Trinajstić information content (AvgIpc) is 3.36. The van der Waals surface area contributed by atoms with Crippen LogP contribution >= 0.6 is 22.7 Å².